The molecule has 2 fully saturated rings. The number of fused-ring (bicyclic) bond motifs is 2. The summed E-state index contributed by atoms with van der Waals surface area (Å²) in [4.78, 5) is 22.6. The summed E-state index contributed by atoms with van der Waals surface area (Å²) in [6, 6.07) is 0. The maximum Gasteiger partial charge on any atom is 0.303 e. The van der Waals surface area contributed by atoms with Crippen LogP contribution in [0.5, 0.6) is 0 Å². The second-order valence-corrected chi connectivity index (χ2v) is 5.18. The highest BCUT2D eigenvalue weighted by Gasteiger charge is 2.64. The Balaban J connectivity index is 2.36. The molecule has 2 saturated carbocycles. The molecular formula is C11H16O3. The fourth-order valence-electron chi connectivity index (χ4n) is 3.41. The molecule has 78 valence electrons. The lowest BCUT2D eigenvalue weighted by molar-refractivity contribution is -0.142. The van der Waals surface area contributed by atoms with E-state index >= 15 is 0 Å². The summed E-state index contributed by atoms with van der Waals surface area (Å²) in [5, 5.41) is 8.89. The van der Waals surface area contributed by atoms with Crippen molar-refractivity contribution in [2.24, 2.45) is 16.7 Å². The van der Waals surface area contributed by atoms with E-state index in [1.165, 1.54) is 0 Å². The van der Waals surface area contributed by atoms with Gasteiger partial charge in [-0.3, -0.25) is 9.59 Å². The Morgan fingerprint density at radius 2 is 2.21 bits per heavy atom. The monoisotopic (exact) mass is 196 g/mol. The quantitative estimate of drug-likeness (QED) is 0.733. The van der Waals surface area contributed by atoms with Crippen LogP contribution in [0.2, 0.25) is 0 Å². The van der Waals surface area contributed by atoms with Gasteiger partial charge >= 0.3 is 5.97 Å². The number of ketones is 1. The molecule has 0 aromatic rings. The van der Waals surface area contributed by atoms with Gasteiger partial charge in [0.05, 0.1) is 6.42 Å². The molecule has 2 bridgehead atoms. The Morgan fingerprint density at radius 3 is 2.57 bits per heavy atom. The summed E-state index contributed by atoms with van der Waals surface area (Å²) in [5.74, 6) is -0.200. The number of carboxylic acids is 1. The van der Waals surface area contributed by atoms with E-state index in [0.717, 1.165) is 12.8 Å². The molecule has 0 radical (unpaired) electrons. The maximum absolute atomic E-state index is 11.8. The van der Waals surface area contributed by atoms with Crippen LogP contribution in [0.3, 0.4) is 0 Å². The van der Waals surface area contributed by atoms with Gasteiger partial charge in [-0.15, -0.1) is 0 Å². The first kappa shape index (κ1) is 9.69. The molecule has 3 atom stereocenters. The lowest BCUT2D eigenvalue weighted by Gasteiger charge is -2.35. The van der Waals surface area contributed by atoms with Crippen LogP contribution in [0.4, 0.5) is 0 Å². The average molecular weight is 196 g/mol. The minimum absolute atomic E-state index is 0.139. The molecular weight excluding hydrogens is 180 g/mol. The van der Waals surface area contributed by atoms with Gasteiger partial charge in [0, 0.05) is 11.8 Å². The summed E-state index contributed by atoms with van der Waals surface area (Å²) < 4.78 is 0. The van der Waals surface area contributed by atoms with Crippen LogP contribution in [0, 0.1) is 16.7 Å². The average Bonchev–Trinajstić information content (AvgIpc) is 2.37. The number of carbonyl (C=O) groups is 2. The van der Waals surface area contributed by atoms with Crippen LogP contribution in [0.15, 0.2) is 0 Å². The number of aliphatic carboxylic acids is 1. The van der Waals surface area contributed by atoms with Gasteiger partial charge in [-0.1, -0.05) is 13.8 Å². The highest BCUT2D eigenvalue weighted by molar-refractivity contribution is 5.90. The Kier molecular flexibility index (Phi) is 1.79. The van der Waals surface area contributed by atoms with Crippen molar-refractivity contribution >= 4 is 11.8 Å². The Labute approximate surface area is 83.5 Å². The van der Waals surface area contributed by atoms with E-state index in [1.807, 2.05) is 13.8 Å². The molecule has 2 aliphatic rings. The van der Waals surface area contributed by atoms with Crippen molar-refractivity contribution in [1.29, 1.82) is 0 Å². The van der Waals surface area contributed by atoms with Crippen molar-refractivity contribution in [2.75, 3.05) is 0 Å². The first-order chi connectivity index (χ1) is 6.40. The number of hydrogen-bond acceptors (Lipinski definition) is 2. The van der Waals surface area contributed by atoms with Crippen molar-refractivity contribution in [1.82, 2.24) is 0 Å². The van der Waals surface area contributed by atoms with Crippen molar-refractivity contribution in [3.8, 4) is 0 Å². The number of carboxylic acid groups (broad SMARTS) is 1. The highest BCUT2D eigenvalue weighted by Crippen LogP contribution is 2.65. The molecule has 3 nitrogen and oxygen atoms in total. The summed E-state index contributed by atoms with van der Waals surface area (Å²) in [6.07, 6.45) is 2.63. The number of Topliss-reactive ketones (excluding diaryl/α,β-unsaturated/α-hetero) is 1. The van der Waals surface area contributed by atoms with Crippen LogP contribution in [-0.2, 0) is 9.59 Å². The van der Waals surface area contributed by atoms with E-state index in [0.29, 0.717) is 12.3 Å². The lowest BCUT2D eigenvalue weighted by Crippen LogP contribution is -2.36. The number of carbonyl (C=O) groups excluding carboxylic acids is 1. The zero-order valence-corrected chi connectivity index (χ0v) is 8.67. The molecule has 0 amide bonds. The molecule has 0 spiro atoms. The molecule has 3 heteroatoms. The molecule has 2 rings (SSSR count). The first-order valence-electron chi connectivity index (χ1n) is 5.15. The third kappa shape index (κ3) is 0.928. The van der Waals surface area contributed by atoms with Gasteiger partial charge < -0.3 is 5.11 Å². The third-order valence-corrected chi connectivity index (χ3v) is 4.72. The van der Waals surface area contributed by atoms with E-state index < -0.39 is 5.97 Å². The molecule has 0 aromatic heterocycles. The van der Waals surface area contributed by atoms with Crippen LogP contribution >= 0.6 is 0 Å². The van der Waals surface area contributed by atoms with Gasteiger partial charge in [-0.2, -0.15) is 0 Å². The van der Waals surface area contributed by atoms with E-state index in [1.54, 1.807) is 0 Å². The largest absolute Gasteiger partial charge is 0.481 e. The Morgan fingerprint density at radius 1 is 1.57 bits per heavy atom. The summed E-state index contributed by atoms with van der Waals surface area (Å²) in [6.45, 7) is 3.93. The summed E-state index contributed by atoms with van der Waals surface area (Å²) >= 11 is 0. The molecule has 0 unspecified atom stereocenters. The summed E-state index contributed by atoms with van der Waals surface area (Å²) in [5.41, 5.74) is -0.661. The van der Waals surface area contributed by atoms with Crippen LogP contribution in [0.1, 0.15) is 39.5 Å². The normalized spacial score (nSPS) is 45.9. The van der Waals surface area contributed by atoms with Gasteiger partial charge in [0.2, 0.25) is 0 Å². The fourth-order valence-corrected chi connectivity index (χ4v) is 3.41. The first-order valence-corrected chi connectivity index (χ1v) is 5.15. The number of rotatable bonds is 2. The molecule has 0 aliphatic heterocycles. The number of hydrogen-bond donors (Lipinski definition) is 1. The van der Waals surface area contributed by atoms with Crippen molar-refractivity contribution in [2.45, 2.75) is 39.5 Å². The van der Waals surface area contributed by atoms with Crippen LogP contribution in [-0.4, -0.2) is 16.9 Å². The van der Waals surface area contributed by atoms with E-state index in [-0.39, 0.29) is 23.0 Å². The van der Waals surface area contributed by atoms with Gasteiger partial charge in [0.15, 0.2) is 0 Å². The predicted octanol–water partition coefficient (Wildman–Crippen LogP) is 1.86. The molecule has 0 heterocycles. The maximum atomic E-state index is 11.8. The highest BCUT2D eigenvalue weighted by atomic mass is 16.4. The van der Waals surface area contributed by atoms with Gasteiger partial charge in [0.25, 0.3) is 0 Å². The minimum atomic E-state index is -0.777. The van der Waals surface area contributed by atoms with E-state index in [2.05, 4.69) is 0 Å². The molecule has 14 heavy (non-hydrogen) atoms. The Hall–Kier alpha value is -0.860. The van der Waals surface area contributed by atoms with Crippen molar-refractivity contribution in [3.63, 3.8) is 0 Å². The fraction of sp³-hybridized carbons (Fsp3) is 0.818. The zero-order valence-electron chi connectivity index (χ0n) is 8.67. The van der Waals surface area contributed by atoms with Crippen LogP contribution in [0.25, 0.3) is 0 Å². The van der Waals surface area contributed by atoms with Crippen LogP contribution < -0.4 is 0 Å². The molecule has 1 N–H and O–H groups in total. The topological polar surface area (TPSA) is 54.4 Å². The van der Waals surface area contributed by atoms with Crippen molar-refractivity contribution in [3.05, 3.63) is 0 Å². The minimum Gasteiger partial charge on any atom is -0.481 e. The molecule has 0 saturated heterocycles. The predicted molar refractivity (Wildman–Crippen MR) is 50.8 cm³/mol. The van der Waals surface area contributed by atoms with Crippen molar-refractivity contribution < 1.29 is 14.7 Å². The molecule has 2 aliphatic carbocycles. The zero-order chi connectivity index (χ0) is 10.6. The standard InChI is InChI=1S/C11H16O3/c1-10-4-3-7(5-8(10)12)11(10,2)6-9(13)14/h7H,3-6H2,1-2H3,(H,13,14)/t7-,10-,11+/m0/s1. The third-order valence-electron chi connectivity index (χ3n) is 4.72. The van der Waals surface area contributed by atoms with E-state index in [9.17, 15) is 9.59 Å². The smallest absolute Gasteiger partial charge is 0.303 e. The van der Waals surface area contributed by atoms with Gasteiger partial charge in [-0.25, -0.2) is 0 Å². The molecule has 0 aromatic carbocycles. The van der Waals surface area contributed by atoms with E-state index in [4.69, 9.17) is 5.11 Å². The van der Waals surface area contributed by atoms with Gasteiger partial charge in [-0.05, 0) is 24.2 Å². The van der Waals surface area contributed by atoms with Gasteiger partial charge in [0.1, 0.15) is 5.78 Å². The second-order valence-electron chi connectivity index (χ2n) is 5.18. The Bertz CT molecular complexity index is 310. The lowest BCUT2D eigenvalue weighted by atomic mass is 9.67. The SMILES string of the molecule is C[C@]12CC[C@@H](CC1=O)[C@@]2(C)CC(=O)O. The second kappa shape index (κ2) is 2.59. The summed E-state index contributed by atoms with van der Waals surface area (Å²) in [7, 11) is 0.